The highest BCUT2D eigenvalue weighted by atomic mass is 15.2. The summed E-state index contributed by atoms with van der Waals surface area (Å²) in [5.74, 6) is 1.21. The first-order valence-corrected chi connectivity index (χ1v) is 9.16. The summed E-state index contributed by atoms with van der Waals surface area (Å²) in [4.78, 5) is 9.89. The van der Waals surface area contributed by atoms with E-state index in [-0.39, 0.29) is 0 Å². The second-order valence-electron chi connectivity index (χ2n) is 6.48. The number of hydrogen-bond donors (Lipinski definition) is 3. The number of rotatable bonds is 6. The van der Waals surface area contributed by atoms with Crippen molar-refractivity contribution in [3.05, 3.63) is 53.3 Å². The van der Waals surface area contributed by atoms with E-state index in [9.17, 15) is 0 Å². The van der Waals surface area contributed by atoms with Crippen LogP contribution in [-0.4, -0.2) is 33.8 Å². The maximum Gasteiger partial charge on any atom is 0.139 e. The Morgan fingerprint density at radius 1 is 1.33 bits per heavy atom. The molecule has 27 heavy (non-hydrogen) atoms. The van der Waals surface area contributed by atoms with E-state index >= 15 is 0 Å². The van der Waals surface area contributed by atoms with Crippen molar-refractivity contribution < 1.29 is 0 Å². The average molecular weight is 360 g/mol. The van der Waals surface area contributed by atoms with E-state index < -0.39 is 0 Å². The van der Waals surface area contributed by atoms with Crippen LogP contribution >= 0.6 is 0 Å². The summed E-state index contributed by atoms with van der Waals surface area (Å²) in [5.41, 5.74) is 4.17. The van der Waals surface area contributed by atoms with Crippen molar-refractivity contribution in [1.29, 1.82) is 10.7 Å². The summed E-state index contributed by atoms with van der Waals surface area (Å²) in [6.45, 7) is 7.74. The molecule has 1 aromatic carbocycles. The van der Waals surface area contributed by atoms with Gasteiger partial charge in [-0.2, -0.15) is 5.26 Å². The Morgan fingerprint density at radius 2 is 2.15 bits per heavy atom. The molecule has 6 heteroatoms. The number of aromatic amines is 1. The van der Waals surface area contributed by atoms with Crippen LogP contribution in [0.1, 0.15) is 37.0 Å². The number of H-pyrrole nitrogens is 1. The molecule has 0 saturated heterocycles. The van der Waals surface area contributed by atoms with Crippen LogP contribution < -0.4 is 5.32 Å². The van der Waals surface area contributed by atoms with Crippen molar-refractivity contribution in [2.45, 2.75) is 27.2 Å². The fourth-order valence-corrected chi connectivity index (χ4v) is 3.20. The van der Waals surface area contributed by atoms with Gasteiger partial charge in [0.2, 0.25) is 0 Å². The first-order chi connectivity index (χ1) is 13.1. The Labute approximate surface area is 159 Å². The molecule has 3 N–H and O–H groups in total. The lowest BCUT2D eigenvalue weighted by Crippen LogP contribution is -2.31. The number of fused-ring (bicyclic) bond motifs is 1. The van der Waals surface area contributed by atoms with Crippen LogP contribution in [0.4, 0.5) is 11.5 Å². The number of nitriles is 1. The van der Waals surface area contributed by atoms with Crippen LogP contribution in [0.25, 0.3) is 10.9 Å². The predicted molar refractivity (Wildman–Crippen MR) is 110 cm³/mol. The third kappa shape index (κ3) is 3.63. The third-order valence-corrected chi connectivity index (χ3v) is 4.65. The second kappa shape index (κ2) is 7.92. The number of anilines is 2. The van der Waals surface area contributed by atoms with E-state index in [1.54, 1.807) is 12.3 Å². The van der Waals surface area contributed by atoms with E-state index in [0.29, 0.717) is 11.4 Å². The lowest BCUT2D eigenvalue weighted by molar-refractivity contribution is 0.438. The molecular weight excluding hydrogens is 336 g/mol. The van der Waals surface area contributed by atoms with Gasteiger partial charge in [-0.1, -0.05) is 6.92 Å². The van der Waals surface area contributed by atoms with Crippen LogP contribution in [0.15, 0.2) is 36.7 Å². The number of nitrogens with zero attached hydrogens (tertiary/aromatic N) is 3. The Balaban J connectivity index is 1.96. The SMILES string of the molecule is CCCN(CC)C(=N)c1cnc(Nc2ccc(C#N)c(C)c2)c2cc[nH]c12. The zero-order chi connectivity index (χ0) is 19.4. The van der Waals surface area contributed by atoms with Gasteiger partial charge in [0, 0.05) is 36.6 Å². The molecule has 0 amide bonds. The molecular formula is C21H24N6. The average Bonchev–Trinajstić information content (AvgIpc) is 3.16. The molecule has 0 aliphatic heterocycles. The first-order valence-electron chi connectivity index (χ1n) is 9.16. The third-order valence-electron chi connectivity index (χ3n) is 4.65. The monoisotopic (exact) mass is 360 g/mol. The summed E-state index contributed by atoms with van der Waals surface area (Å²) in [5, 5.41) is 22.0. The largest absolute Gasteiger partial charge is 0.360 e. The molecule has 0 saturated carbocycles. The Morgan fingerprint density at radius 3 is 2.81 bits per heavy atom. The quantitative estimate of drug-likeness (QED) is 0.444. The number of aryl methyl sites for hydroxylation is 1. The molecule has 0 bridgehead atoms. The van der Waals surface area contributed by atoms with E-state index in [1.165, 1.54) is 0 Å². The highest BCUT2D eigenvalue weighted by molar-refractivity contribution is 6.09. The smallest absolute Gasteiger partial charge is 0.139 e. The Kier molecular flexibility index (Phi) is 5.41. The molecule has 2 heterocycles. The van der Waals surface area contributed by atoms with Crippen LogP contribution in [0.3, 0.4) is 0 Å². The van der Waals surface area contributed by atoms with Gasteiger partial charge in [-0.25, -0.2) is 4.98 Å². The zero-order valence-electron chi connectivity index (χ0n) is 15.9. The minimum absolute atomic E-state index is 0.486. The molecule has 0 aliphatic rings. The topological polar surface area (TPSA) is 91.6 Å². The molecule has 0 spiro atoms. The van der Waals surface area contributed by atoms with Crippen LogP contribution in [-0.2, 0) is 0 Å². The summed E-state index contributed by atoms with van der Waals surface area (Å²) in [6, 6.07) is 9.77. The first kappa shape index (κ1) is 18.5. The number of nitrogens with one attached hydrogen (secondary N) is 3. The van der Waals surface area contributed by atoms with Crippen molar-refractivity contribution in [1.82, 2.24) is 14.9 Å². The van der Waals surface area contributed by atoms with E-state index in [0.717, 1.165) is 53.0 Å². The van der Waals surface area contributed by atoms with Crippen molar-refractivity contribution in [2.75, 3.05) is 18.4 Å². The highest BCUT2D eigenvalue weighted by Gasteiger charge is 2.16. The van der Waals surface area contributed by atoms with Crippen molar-refractivity contribution in [2.24, 2.45) is 0 Å². The van der Waals surface area contributed by atoms with E-state index in [4.69, 9.17) is 10.7 Å². The molecule has 0 radical (unpaired) electrons. The lowest BCUT2D eigenvalue weighted by atomic mass is 10.1. The Hall–Kier alpha value is -3.33. The van der Waals surface area contributed by atoms with Crippen molar-refractivity contribution in [3.63, 3.8) is 0 Å². The Bertz CT molecular complexity index is 1010. The van der Waals surface area contributed by atoms with E-state index in [2.05, 4.69) is 35.2 Å². The lowest BCUT2D eigenvalue weighted by Gasteiger charge is -2.23. The van der Waals surface area contributed by atoms with Gasteiger partial charge in [0.15, 0.2) is 0 Å². The minimum Gasteiger partial charge on any atom is -0.360 e. The summed E-state index contributed by atoms with van der Waals surface area (Å²) < 4.78 is 0. The second-order valence-corrected chi connectivity index (χ2v) is 6.48. The molecule has 2 aromatic heterocycles. The summed E-state index contributed by atoms with van der Waals surface area (Å²) in [6.07, 6.45) is 4.61. The van der Waals surface area contributed by atoms with Crippen LogP contribution in [0.2, 0.25) is 0 Å². The number of pyridine rings is 1. The highest BCUT2D eigenvalue weighted by Crippen LogP contribution is 2.27. The normalized spacial score (nSPS) is 10.6. The van der Waals surface area contributed by atoms with Crippen molar-refractivity contribution >= 4 is 28.2 Å². The van der Waals surface area contributed by atoms with Crippen molar-refractivity contribution in [3.8, 4) is 6.07 Å². The molecule has 6 nitrogen and oxygen atoms in total. The fourth-order valence-electron chi connectivity index (χ4n) is 3.20. The summed E-state index contributed by atoms with van der Waals surface area (Å²) in [7, 11) is 0. The molecule has 3 aromatic rings. The van der Waals surface area contributed by atoms with Gasteiger partial charge < -0.3 is 15.2 Å². The molecule has 0 fully saturated rings. The van der Waals surface area contributed by atoms with Gasteiger partial charge in [0.1, 0.15) is 11.7 Å². The molecule has 138 valence electrons. The minimum atomic E-state index is 0.486. The standard InChI is InChI=1S/C21H24N6/c1-4-10-27(5-2)20(23)18-13-25-21(17-8-9-24-19(17)18)26-16-7-6-15(12-22)14(3)11-16/h6-9,11,13,23-24H,4-5,10H2,1-3H3,(H,25,26). The van der Waals surface area contributed by atoms with Gasteiger partial charge in [0.05, 0.1) is 22.7 Å². The molecule has 3 rings (SSSR count). The number of amidine groups is 1. The molecule has 0 unspecified atom stereocenters. The maximum absolute atomic E-state index is 9.09. The number of aromatic nitrogens is 2. The van der Waals surface area contributed by atoms with Crippen LogP contribution in [0.5, 0.6) is 0 Å². The zero-order valence-corrected chi connectivity index (χ0v) is 15.9. The molecule has 0 atom stereocenters. The fraction of sp³-hybridized carbons (Fsp3) is 0.286. The number of benzene rings is 1. The molecule has 0 aliphatic carbocycles. The van der Waals surface area contributed by atoms with Gasteiger partial charge >= 0.3 is 0 Å². The van der Waals surface area contributed by atoms with Crippen LogP contribution in [0, 0.1) is 23.7 Å². The van der Waals surface area contributed by atoms with Gasteiger partial charge in [-0.15, -0.1) is 0 Å². The maximum atomic E-state index is 9.09. The van der Waals surface area contributed by atoms with Gasteiger partial charge in [0.25, 0.3) is 0 Å². The van der Waals surface area contributed by atoms with Gasteiger partial charge in [-0.05, 0) is 50.1 Å². The predicted octanol–water partition coefficient (Wildman–Crippen LogP) is 4.54. The van der Waals surface area contributed by atoms with E-state index in [1.807, 2.05) is 36.2 Å². The number of hydrogen-bond acceptors (Lipinski definition) is 4. The van der Waals surface area contributed by atoms with Gasteiger partial charge in [-0.3, -0.25) is 5.41 Å². The summed E-state index contributed by atoms with van der Waals surface area (Å²) >= 11 is 0.